The highest BCUT2D eigenvalue weighted by Gasteiger charge is 2.64. The van der Waals surface area contributed by atoms with Crippen molar-refractivity contribution in [3.8, 4) is 0 Å². The number of aliphatic carboxylic acids is 1. The molecule has 4 aliphatic carbocycles. The van der Waals surface area contributed by atoms with Crippen molar-refractivity contribution in [2.75, 3.05) is 0 Å². The number of hydrogen-bond acceptors (Lipinski definition) is 3. The molecule has 2 fully saturated rings. The lowest BCUT2D eigenvalue weighted by atomic mass is 9.47. The van der Waals surface area contributed by atoms with Gasteiger partial charge in [-0.25, -0.2) is 0 Å². The lowest BCUT2D eigenvalue weighted by Crippen LogP contribution is -2.51. The Morgan fingerprint density at radius 3 is 2.61 bits per heavy atom. The normalized spacial score (nSPS) is 44.1. The Morgan fingerprint density at radius 1 is 1.25 bits per heavy atom. The molecular formula is C24H30O4. The summed E-state index contributed by atoms with van der Waals surface area (Å²) in [5, 5.41) is 9.57. The van der Waals surface area contributed by atoms with Crippen LogP contribution in [-0.2, 0) is 14.4 Å². The molecule has 4 heteroatoms. The molecule has 0 saturated heterocycles. The average molecular weight is 383 g/mol. The minimum atomic E-state index is -0.880. The molecule has 1 unspecified atom stereocenters. The number of Topliss-reactive ketones (excluding diaryl/α,β-unsaturated/α-hetero) is 1. The molecule has 0 aromatic carbocycles. The number of carboxylic acid groups (broad SMARTS) is 1. The second-order valence-electron chi connectivity index (χ2n) is 9.92. The highest BCUT2D eigenvalue weighted by Crippen LogP contribution is 2.69. The van der Waals surface area contributed by atoms with E-state index in [2.05, 4.69) is 32.9 Å². The molecule has 0 aliphatic heterocycles. The fraction of sp³-hybridized carbons (Fsp3) is 0.625. The van der Waals surface area contributed by atoms with E-state index in [4.69, 9.17) is 0 Å². The second kappa shape index (κ2) is 6.01. The number of allylic oxidation sites excluding steroid dienone is 6. The largest absolute Gasteiger partial charge is 0.481 e. The summed E-state index contributed by atoms with van der Waals surface area (Å²) in [4.78, 5) is 36.4. The van der Waals surface area contributed by atoms with Gasteiger partial charge in [0.05, 0.1) is 6.42 Å². The first-order chi connectivity index (χ1) is 13.0. The van der Waals surface area contributed by atoms with E-state index >= 15 is 0 Å². The average Bonchev–Trinajstić information content (AvgIpc) is 2.90. The third kappa shape index (κ3) is 2.33. The van der Waals surface area contributed by atoms with Gasteiger partial charge in [0.15, 0.2) is 5.78 Å². The van der Waals surface area contributed by atoms with E-state index in [9.17, 15) is 19.5 Å². The quantitative estimate of drug-likeness (QED) is 0.729. The zero-order valence-electron chi connectivity index (χ0n) is 17.2. The van der Waals surface area contributed by atoms with Crippen molar-refractivity contribution >= 4 is 17.5 Å². The second-order valence-corrected chi connectivity index (χ2v) is 9.92. The summed E-state index contributed by atoms with van der Waals surface area (Å²) >= 11 is 0. The minimum absolute atomic E-state index is 0.0237. The summed E-state index contributed by atoms with van der Waals surface area (Å²) in [5.74, 6) is 0.156. The van der Waals surface area contributed by atoms with Crippen LogP contribution in [0.25, 0.3) is 0 Å². The first-order valence-corrected chi connectivity index (χ1v) is 10.4. The van der Waals surface area contributed by atoms with Crippen molar-refractivity contribution in [3.05, 3.63) is 35.5 Å². The maximum atomic E-state index is 12.8. The summed E-state index contributed by atoms with van der Waals surface area (Å²) in [6.07, 6.45) is 11.0. The highest BCUT2D eigenvalue weighted by molar-refractivity contribution is 6.01. The zero-order chi connectivity index (χ0) is 20.5. The van der Waals surface area contributed by atoms with E-state index in [1.807, 2.05) is 6.08 Å². The van der Waals surface area contributed by atoms with Gasteiger partial charge in [0, 0.05) is 10.8 Å². The summed E-state index contributed by atoms with van der Waals surface area (Å²) < 4.78 is 0. The van der Waals surface area contributed by atoms with Gasteiger partial charge in [0.1, 0.15) is 5.78 Å². The predicted molar refractivity (Wildman–Crippen MR) is 107 cm³/mol. The SMILES string of the molecule is CC(=O)[C@@]1(CC(=O)O)CC[C@H]2[C@@H]3CC(C)C4=CC(=O)C=C[C@]4(C)C3=CC[C@@]21C. The fourth-order valence-electron chi connectivity index (χ4n) is 7.30. The summed E-state index contributed by atoms with van der Waals surface area (Å²) in [6, 6.07) is 0. The first-order valence-electron chi connectivity index (χ1n) is 10.4. The third-order valence-electron chi connectivity index (χ3n) is 8.77. The fourth-order valence-corrected chi connectivity index (χ4v) is 7.30. The number of carbonyl (C=O) groups is 3. The first kappa shape index (κ1) is 19.4. The number of carboxylic acids is 1. The smallest absolute Gasteiger partial charge is 0.304 e. The van der Waals surface area contributed by atoms with E-state index in [-0.39, 0.29) is 28.8 Å². The molecule has 1 N–H and O–H groups in total. The molecule has 150 valence electrons. The van der Waals surface area contributed by atoms with Crippen molar-refractivity contribution in [3.63, 3.8) is 0 Å². The van der Waals surface area contributed by atoms with Crippen LogP contribution < -0.4 is 0 Å². The van der Waals surface area contributed by atoms with E-state index in [1.165, 1.54) is 11.1 Å². The Balaban J connectivity index is 1.81. The molecule has 28 heavy (non-hydrogen) atoms. The van der Waals surface area contributed by atoms with Gasteiger partial charge in [0.25, 0.3) is 0 Å². The molecular weight excluding hydrogens is 352 g/mol. The van der Waals surface area contributed by atoms with E-state index in [0.29, 0.717) is 24.2 Å². The van der Waals surface area contributed by atoms with Crippen LogP contribution in [0.15, 0.2) is 35.5 Å². The topological polar surface area (TPSA) is 71.4 Å². The Labute approximate surface area is 166 Å². The lowest BCUT2D eigenvalue weighted by molar-refractivity contribution is -0.150. The highest BCUT2D eigenvalue weighted by atomic mass is 16.4. The number of ketones is 2. The molecule has 6 atom stereocenters. The van der Waals surface area contributed by atoms with Crippen LogP contribution in [0.4, 0.5) is 0 Å². The summed E-state index contributed by atoms with van der Waals surface area (Å²) in [5.41, 5.74) is 1.25. The van der Waals surface area contributed by atoms with Crippen molar-refractivity contribution < 1.29 is 19.5 Å². The van der Waals surface area contributed by atoms with Gasteiger partial charge < -0.3 is 5.11 Å². The van der Waals surface area contributed by atoms with E-state index < -0.39 is 11.4 Å². The minimum Gasteiger partial charge on any atom is -0.481 e. The summed E-state index contributed by atoms with van der Waals surface area (Å²) in [6.45, 7) is 8.14. The molecule has 2 saturated carbocycles. The third-order valence-corrected chi connectivity index (χ3v) is 8.77. The van der Waals surface area contributed by atoms with Gasteiger partial charge >= 0.3 is 5.97 Å². The molecule has 0 radical (unpaired) electrons. The molecule has 4 aliphatic rings. The van der Waals surface area contributed by atoms with E-state index in [0.717, 1.165) is 19.3 Å². The molecule has 0 heterocycles. The van der Waals surface area contributed by atoms with Crippen molar-refractivity contribution in [2.24, 2.45) is 34.0 Å². The van der Waals surface area contributed by atoms with Crippen LogP contribution in [-0.4, -0.2) is 22.6 Å². The van der Waals surface area contributed by atoms with Crippen LogP contribution >= 0.6 is 0 Å². The van der Waals surface area contributed by atoms with Gasteiger partial charge in [0.2, 0.25) is 0 Å². The van der Waals surface area contributed by atoms with Crippen LogP contribution in [0, 0.1) is 34.0 Å². The number of carbonyl (C=O) groups excluding carboxylic acids is 2. The molecule has 0 spiro atoms. The molecule has 4 rings (SSSR count). The monoisotopic (exact) mass is 382 g/mol. The number of fused-ring (bicyclic) bond motifs is 5. The Kier molecular flexibility index (Phi) is 4.16. The molecule has 4 nitrogen and oxygen atoms in total. The Bertz CT molecular complexity index is 862. The van der Waals surface area contributed by atoms with Crippen LogP contribution in [0.2, 0.25) is 0 Å². The number of hydrogen-bond donors (Lipinski definition) is 1. The van der Waals surface area contributed by atoms with Crippen LogP contribution in [0.5, 0.6) is 0 Å². The molecule has 0 amide bonds. The van der Waals surface area contributed by atoms with Crippen LogP contribution in [0.3, 0.4) is 0 Å². The zero-order valence-corrected chi connectivity index (χ0v) is 17.2. The van der Waals surface area contributed by atoms with Crippen molar-refractivity contribution in [1.29, 1.82) is 0 Å². The van der Waals surface area contributed by atoms with E-state index in [1.54, 1.807) is 13.0 Å². The Hall–Kier alpha value is -1.97. The maximum Gasteiger partial charge on any atom is 0.304 e. The summed E-state index contributed by atoms with van der Waals surface area (Å²) in [7, 11) is 0. The number of rotatable bonds is 3. The van der Waals surface area contributed by atoms with Crippen molar-refractivity contribution in [2.45, 2.75) is 59.8 Å². The Morgan fingerprint density at radius 2 is 1.96 bits per heavy atom. The van der Waals surface area contributed by atoms with Crippen LogP contribution in [0.1, 0.15) is 59.8 Å². The van der Waals surface area contributed by atoms with Gasteiger partial charge in [-0.05, 0) is 80.4 Å². The van der Waals surface area contributed by atoms with Gasteiger partial charge in [-0.15, -0.1) is 0 Å². The van der Waals surface area contributed by atoms with Gasteiger partial charge in [-0.3, -0.25) is 14.4 Å². The predicted octanol–water partition coefficient (Wildman–Crippen LogP) is 4.51. The lowest BCUT2D eigenvalue weighted by Gasteiger charge is -2.56. The molecule has 0 aromatic rings. The van der Waals surface area contributed by atoms with Gasteiger partial charge in [-0.2, -0.15) is 0 Å². The molecule has 0 aromatic heterocycles. The van der Waals surface area contributed by atoms with Crippen molar-refractivity contribution in [1.82, 2.24) is 0 Å². The maximum absolute atomic E-state index is 12.8. The van der Waals surface area contributed by atoms with Gasteiger partial charge in [-0.1, -0.05) is 31.6 Å². The standard InChI is InChI=1S/C24H30O4/c1-14-11-17-18(22(3)8-5-16(26)12-20(14)22)6-9-23(4)19(17)7-10-24(23,15(2)25)13-21(27)28/h5-6,8,12,14,17,19H,7,9-11,13H2,1-4H3,(H,27,28)/t14?,17-,19+,22-,23+,24+/m1/s1. The molecule has 0 bridgehead atoms.